The third-order valence-electron chi connectivity index (χ3n) is 5.04. The molecule has 0 aliphatic carbocycles. The normalized spacial score (nSPS) is 28.6. The molecule has 2 heterocycles. The van der Waals surface area contributed by atoms with Gasteiger partial charge in [0, 0.05) is 23.2 Å². The molecule has 0 aromatic heterocycles. The summed E-state index contributed by atoms with van der Waals surface area (Å²) < 4.78 is 45.2. The number of alkyl halides is 3. The van der Waals surface area contributed by atoms with Crippen LogP contribution < -0.4 is 11.1 Å². The maximum Gasteiger partial charge on any atom is 0.416 e. The van der Waals surface area contributed by atoms with Crippen LogP contribution in [0.4, 0.5) is 18.9 Å². The van der Waals surface area contributed by atoms with Crippen molar-refractivity contribution in [2.24, 2.45) is 11.7 Å². The first-order valence-corrected chi connectivity index (χ1v) is 8.33. The van der Waals surface area contributed by atoms with Crippen molar-refractivity contribution in [2.45, 2.75) is 30.8 Å². The van der Waals surface area contributed by atoms with Gasteiger partial charge in [-0.15, -0.1) is 0 Å². The fraction of sp³-hybridized carbons (Fsp3) is 0.368. The third kappa shape index (κ3) is 3.00. The molecule has 0 radical (unpaired) electrons. The van der Waals surface area contributed by atoms with Crippen LogP contribution in [0, 0.1) is 5.92 Å². The van der Waals surface area contributed by atoms with Crippen LogP contribution in [0.1, 0.15) is 35.3 Å². The summed E-state index contributed by atoms with van der Waals surface area (Å²) in [4.78, 5) is 0. The topological polar surface area (TPSA) is 47.3 Å². The molecule has 2 aromatic rings. The van der Waals surface area contributed by atoms with Crippen molar-refractivity contribution in [3.05, 3.63) is 65.2 Å². The zero-order chi connectivity index (χ0) is 17.6. The molecule has 0 spiro atoms. The van der Waals surface area contributed by atoms with Crippen molar-refractivity contribution in [2.75, 3.05) is 11.9 Å². The van der Waals surface area contributed by atoms with Gasteiger partial charge in [0.05, 0.1) is 24.3 Å². The Morgan fingerprint density at radius 3 is 2.56 bits per heavy atom. The minimum Gasteiger partial charge on any atom is -0.378 e. The fourth-order valence-electron chi connectivity index (χ4n) is 3.89. The van der Waals surface area contributed by atoms with Gasteiger partial charge in [-0.25, -0.2) is 0 Å². The van der Waals surface area contributed by atoms with Crippen LogP contribution >= 0.6 is 0 Å². The number of nitrogens with one attached hydrogen (secondary N) is 1. The number of rotatable bonds is 1. The lowest BCUT2D eigenvalue weighted by atomic mass is 9.76. The molecule has 132 valence electrons. The summed E-state index contributed by atoms with van der Waals surface area (Å²) in [6.07, 6.45) is -4.05. The van der Waals surface area contributed by atoms with Gasteiger partial charge in [0.1, 0.15) is 0 Å². The fourth-order valence-corrected chi connectivity index (χ4v) is 3.89. The zero-order valence-electron chi connectivity index (χ0n) is 13.5. The van der Waals surface area contributed by atoms with E-state index in [1.807, 2.05) is 30.3 Å². The second kappa shape index (κ2) is 6.04. The zero-order valence-corrected chi connectivity index (χ0v) is 13.5. The molecular formula is C19H19F3N2O. The van der Waals surface area contributed by atoms with Gasteiger partial charge >= 0.3 is 6.18 Å². The summed E-state index contributed by atoms with van der Waals surface area (Å²) in [7, 11) is 0. The first-order valence-electron chi connectivity index (χ1n) is 8.33. The van der Waals surface area contributed by atoms with Crippen LogP contribution in [-0.2, 0) is 10.9 Å². The Labute approximate surface area is 144 Å². The van der Waals surface area contributed by atoms with E-state index in [0.717, 1.165) is 11.6 Å². The van der Waals surface area contributed by atoms with Crippen molar-refractivity contribution in [3.63, 3.8) is 0 Å². The molecule has 4 unspecified atom stereocenters. The third-order valence-corrected chi connectivity index (χ3v) is 5.04. The lowest BCUT2D eigenvalue weighted by molar-refractivity contribution is -0.137. The Balaban J connectivity index is 1.78. The van der Waals surface area contributed by atoms with Gasteiger partial charge in [-0.3, -0.25) is 0 Å². The summed E-state index contributed by atoms with van der Waals surface area (Å²) in [5.74, 6) is -0.0119. The van der Waals surface area contributed by atoms with E-state index in [1.165, 1.54) is 12.1 Å². The van der Waals surface area contributed by atoms with Crippen molar-refractivity contribution < 1.29 is 17.9 Å². The van der Waals surface area contributed by atoms with E-state index in [9.17, 15) is 13.2 Å². The first kappa shape index (κ1) is 16.4. The number of halogens is 3. The van der Waals surface area contributed by atoms with Gasteiger partial charge in [0.2, 0.25) is 0 Å². The lowest BCUT2D eigenvalue weighted by Gasteiger charge is -2.45. The van der Waals surface area contributed by atoms with Crippen molar-refractivity contribution in [1.82, 2.24) is 0 Å². The standard InChI is InChI=1S/C19H19F3N2O/c20-19(21,22)12-6-7-16-14(8-12)18-15(9-13(23)10-25-18)17(24-16)11-4-2-1-3-5-11/h1-8,13,15,17-18,24H,9-10,23H2. The van der Waals surface area contributed by atoms with Crippen LogP contribution in [0.25, 0.3) is 0 Å². The molecule has 4 atom stereocenters. The SMILES string of the molecule is NC1COC2c3cc(C(F)(F)F)ccc3NC(c3ccccc3)C2C1. The van der Waals surface area contributed by atoms with E-state index in [1.54, 1.807) is 0 Å². The Morgan fingerprint density at radius 2 is 1.84 bits per heavy atom. The summed E-state index contributed by atoms with van der Waals surface area (Å²) in [5, 5.41) is 3.41. The smallest absolute Gasteiger partial charge is 0.378 e. The molecule has 6 heteroatoms. The molecule has 0 amide bonds. The molecule has 2 aromatic carbocycles. The molecular weight excluding hydrogens is 329 g/mol. The minimum atomic E-state index is -4.37. The van der Waals surface area contributed by atoms with Gasteiger partial charge in [0.25, 0.3) is 0 Å². The second-order valence-corrected chi connectivity index (χ2v) is 6.75. The molecule has 1 saturated heterocycles. The summed E-state index contributed by atoms with van der Waals surface area (Å²) in [5.41, 5.74) is 7.76. The number of fused-ring (bicyclic) bond motifs is 3. The maximum atomic E-state index is 13.1. The summed E-state index contributed by atoms with van der Waals surface area (Å²) >= 11 is 0. The van der Waals surface area contributed by atoms with Crippen molar-refractivity contribution in [1.29, 1.82) is 0 Å². The number of benzene rings is 2. The maximum absolute atomic E-state index is 13.1. The van der Waals surface area contributed by atoms with E-state index < -0.39 is 11.7 Å². The monoisotopic (exact) mass is 348 g/mol. The van der Waals surface area contributed by atoms with Gasteiger partial charge in [0.15, 0.2) is 0 Å². The number of hydrogen-bond donors (Lipinski definition) is 2. The Morgan fingerprint density at radius 1 is 1.08 bits per heavy atom. The number of ether oxygens (including phenoxy) is 1. The molecule has 2 aliphatic rings. The van der Waals surface area contributed by atoms with Gasteiger partial charge in [-0.1, -0.05) is 30.3 Å². The Bertz CT molecular complexity index is 763. The van der Waals surface area contributed by atoms with Crippen LogP contribution in [0.3, 0.4) is 0 Å². The van der Waals surface area contributed by atoms with Crippen LogP contribution in [-0.4, -0.2) is 12.6 Å². The highest BCUT2D eigenvalue weighted by molar-refractivity contribution is 5.58. The lowest BCUT2D eigenvalue weighted by Crippen LogP contribution is -2.44. The quantitative estimate of drug-likeness (QED) is 0.809. The average molecular weight is 348 g/mol. The number of hydrogen-bond acceptors (Lipinski definition) is 3. The van der Waals surface area contributed by atoms with E-state index in [0.29, 0.717) is 24.3 Å². The average Bonchev–Trinajstić information content (AvgIpc) is 2.60. The van der Waals surface area contributed by atoms with E-state index in [2.05, 4.69) is 5.32 Å². The molecule has 0 bridgehead atoms. The molecule has 1 fully saturated rings. The van der Waals surface area contributed by atoms with Gasteiger partial charge in [-0.2, -0.15) is 13.2 Å². The molecule has 3 nitrogen and oxygen atoms in total. The summed E-state index contributed by atoms with van der Waals surface area (Å²) in [6.45, 7) is 0.359. The summed E-state index contributed by atoms with van der Waals surface area (Å²) in [6, 6.07) is 13.6. The van der Waals surface area contributed by atoms with E-state index in [4.69, 9.17) is 10.5 Å². The highest BCUT2D eigenvalue weighted by atomic mass is 19.4. The van der Waals surface area contributed by atoms with E-state index >= 15 is 0 Å². The number of anilines is 1. The van der Waals surface area contributed by atoms with Gasteiger partial charge < -0.3 is 15.8 Å². The van der Waals surface area contributed by atoms with Crippen LogP contribution in [0.5, 0.6) is 0 Å². The Kier molecular flexibility index (Phi) is 3.96. The highest BCUT2D eigenvalue weighted by Gasteiger charge is 2.43. The van der Waals surface area contributed by atoms with Crippen molar-refractivity contribution >= 4 is 5.69 Å². The molecule has 4 rings (SSSR count). The second-order valence-electron chi connectivity index (χ2n) is 6.75. The number of nitrogens with two attached hydrogens (primary N) is 1. The molecule has 3 N–H and O–H groups in total. The van der Waals surface area contributed by atoms with Crippen LogP contribution in [0.2, 0.25) is 0 Å². The molecule has 2 aliphatic heterocycles. The minimum absolute atomic E-state index is 0.0119. The Hall–Kier alpha value is -2.05. The van der Waals surface area contributed by atoms with Crippen molar-refractivity contribution in [3.8, 4) is 0 Å². The first-order chi connectivity index (χ1) is 11.9. The van der Waals surface area contributed by atoms with Crippen LogP contribution in [0.15, 0.2) is 48.5 Å². The largest absolute Gasteiger partial charge is 0.416 e. The molecule has 25 heavy (non-hydrogen) atoms. The predicted octanol–water partition coefficient (Wildman–Crippen LogP) is 4.28. The van der Waals surface area contributed by atoms with Gasteiger partial charge in [-0.05, 0) is 30.2 Å². The highest BCUT2D eigenvalue weighted by Crippen LogP contribution is 2.49. The predicted molar refractivity (Wildman–Crippen MR) is 89.0 cm³/mol. The molecule has 0 saturated carbocycles. The van der Waals surface area contributed by atoms with E-state index in [-0.39, 0.29) is 24.1 Å².